The van der Waals surface area contributed by atoms with Crippen molar-refractivity contribution in [2.24, 2.45) is 0 Å². The Morgan fingerprint density at radius 3 is 2.83 bits per heavy atom. The van der Waals surface area contributed by atoms with Crippen molar-refractivity contribution in [2.45, 2.75) is 6.54 Å². The predicted molar refractivity (Wildman–Crippen MR) is 81.8 cm³/mol. The maximum absolute atomic E-state index is 12.1. The molecule has 124 valence electrons. The molecule has 1 aromatic heterocycles. The minimum absolute atomic E-state index is 0.00745. The summed E-state index contributed by atoms with van der Waals surface area (Å²) in [6.45, 7) is -0.240. The van der Waals surface area contributed by atoms with E-state index in [0.29, 0.717) is 11.5 Å². The number of ether oxygens (including phenoxy) is 1. The van der Waals surface area contributed by atoms with E-state index in [-0.39, 0.29) is 30.9 Å². The van der Waals surface area contributed by atoms with Crippen LogP contribution >= 0.6 is 0 Å². The van der Waals surface area contributed by atoms with E-state index < -0.39 is 17.8 Å². The lowest BCUT2D eigenvalue weighted by Crippen LogP contribution is -2.45. The summed E-state index contributed by atoms with van der Waals surface area (Å²) in [5, 5.41) is 11.7. The summed E-state index contributed by atoms with van der Waals surface area (Å²) in [7, 11) is 0. The van der Waals surface area contributed by atoms with Gasteiger partial charge in [0.1, 0.15) is 18.1 Å². The van der Waals surface area contributed by atoms with Crippen LogP contribution in [0.3, 0.4) is 0 Å². The quantitative estimate of drug-likeness (QED) is 0.847. The zero-order valence-electron chi connectivity index (χ0n) is 12.5. The van der Waals surface area contributed by atoms with Crippen LogP contribution in [0.2, 0.25) is 0 Å². The fourth-order valence-electron chi connectivity index (χ4n) is 2.31. The number of amides is 2. The van der Waals surface area contributed by atoms with Crippen molar-refractivity contribution in [1.82, 2.24) is 5.32 Å². The first-order chi connectivity index (χ1) is 11.5. The highest BCUT2D eigenvalue weighted by Crippen LogP contribution is 2.32. The van der Waals surface area contributed by atoms with E-state index in [1.54, 1.807) is 12.1 Å². The maximum atomic E-state index is 12.1. The van der Waals surface area contributed by atoms with Crippen LogP contribution in [-0.2, 0) is 16.1 Å². The van der Waals surface area contributed by atoms with Crippen molar-refractivity contribution in [3.8, 4) is 5.75 Å². The number of aromatic carboxylic acids is 1. The van der Waals surface area contributed by atoms with Gasteiger partial charge in [-0.1, -0.05) is 0 Å². The van der Waals surface area contributed by atoms with Gasteiger partial charge >= 0.3 is 5.97 Å². The third-order valence-corrected chi connectivity index (χ3v) is 3.49. The van der Waals surface area contributed by atoms with Crippen LogP contribution in [0, 0.1) is 0 Å². The van der Waals surface area contributed by atoms with Crippen molar-refractivity contribution in [2.75, 3.05) is 18.1 Å². The Morgan fingerprint density at radius 1 is 1.29 bits per heavy atom. The number of carboxylic acid groups (broad SMARTS) is 1. The summed E-state index contributed by atoms with van der Waals surface area (Å²) in [5.41, 5.74) is 0.271. The third kappa shape index (κ3) is 3.22. The lowest BCUT2D eigenvalue weighted by molar-refractivity contribution is -0.125. The average molecular weight is 330 g/mol. The van der Waals surface area contributed by atoms with Gasteiger partial charge in [0, 0.05) is 0 Å². The smallest absolute Gasteiger partial charge is 0.335 e. The summed E-state index contributed by atoms with van der Waals surface area (Å²) in [5.74, 6) is -0.992. The molecule has 8 heteroatoms. The molecule has 0 saturated carbocycles. The zero-order valence-corrected chi connectivity index (χ0v) is 12.5. The Kier molecular flexibility index (Phi) is 4.19. The number of carbonyl (C=O) groups excluding carboxylic acids is 2. The molecule has 0 atom stereocenters. The van der Waals surface area contributed by atoms with E-state index in [4.69, 9.17) is 14.3 Å². The summed E-state index contributed by atoms with van der Waals surface area (Å²) in [6.07, 6.45) is 1.50. The molecular formula is C16H14N2O6. The molecule has 0 fully saturated rings. The van der Waals surface area contributed by atoms with E-state index in [1.165, 1.54) is 29.4 Å². The second-order valence-electron chi connectivity index (χ2n) is 5.11. The van der Waals surface area contributed by atoms with Gasteiger partial charge in [0.25, 0.3) is 5.91 Å². The number of carbonyl (C=O) groups is 3. The second-order valence-corrected chi connectivity index (χ2v) is 5.11. The predicted octanol–water partition coefficient (Wildman–Crippen LogP) is 1.02. The third-order valence-electron chi connectivity index (χ3n) is 3.49. The molecule has 1 aliphatic heterocycles. The number of hydrogen-bond donors (Lipinski definition) is 2. The van der Waals surface area contributed by atoms with Crippen molar-refractivity contribution in [1.29, 1.82) is 0 Å². The fourth-order valence-corrected chi connectivity index (χ4v) is 2.31. The standard InChI is InChI=1S/C16H14N2O6/c19-14(17-7-11-2-1-5-23-11)8-18-12-6-10(16(21)22)3-4-13(12)24-9-15(18)20/h1-6H,7-9H2,(H,17,19)(H,21,22). The molecule has 0 saturated heterocycles. The van der Waals surface area contributed by atoms with Crippen molar-refractivity contribution in [3.63, 3.8) is 0 Å². The van der Waals surface area contributed by atoms with Crippen LogP contribution in [0.4, 0.5) is 5.69 Å². The van der Waals surface area contributed by atoms with Crippen molar-refractivity contribution >= 4 is 23.5 Å². The van der Waals surface area contributed by atoms with Gasteiger partial charge in [-0.3, -0.25) is 14.5 Å². The number of fused-ring (bicyclic) bond motifs is 1. The van der Waals surface area contributed by atoms with Crippen LogP contribution in [0.1, 0.15) is 16.1 Å². The molecule has 0 unspecified atom stereocenters. The Labute approximate surface area is 136 Å². The molecule has 3 rings (SSSR count). The van der Waals surface area contributed by atoms with Gasteiger partial charge in [-0.2, -0.15) is 0 Å². The van der Waals surface area contributed by atoms with Crippen LogP contribution in [-0.4, -0.2) is 36.0 Å². The summed E-state index contributed by atoms with van der Waals surface area (Å²) in [4.78, 5) is 36.4. The number of rotatable bonds is 5. The van der Waals surface area contributed by atoms with Crippen LogP contribution in [0.25, 0.3) is 0 Å². The Balaban J connectivity index is 1.75. The SMILES string of the molecule is O=C(CN1C(=O)COc2ccc(C(=O)O)cc21)NCc1ccco1. The topological polar surface area (TPSA) is 109 Å². The number of hydrogen-bond acceptors (Lipinski definition) is 5. The molecule has 24 heavy (non-hydrogen) atoms. The number of nitrogens with one attached hydrogen (secondary N) is 1. The largest absolute Gasteiger partial charge is 0.482 e. The van der Waals surface area contributed by atoms with E-state index >= 15 is 0 Å². The lowest BCUT2D eigenvalue weighted by atomic mass is 10.1. The van der Waals surface area contributed by atoms with E-state index in [2.05, 4.69) is 5.32 Å². The first-order valence-corrected chi connectivity index (χ1v) is 7.14. The molecule has 0 radical (unpaired) electrons. The molecule has 1 aliphatic rings. The van der Waals surface area contributed by atoms with E-state index in [1.807, 2.05) is 0 Å². The highest BCUT2D eigenvalue weighted by molar-refractivity contribution is 6.03. The molecule has 8 nitrogen and oxygen atoms in total. The van der Waals surface area contributed by atoms with Gasteiger partial charge in [0.15, 0.2) is 6.61 Å². The van der Waals surface area contributed by atoms with Gasteiger partial charge < -0.3 is 19.6 Å². The Bertz CT molecular complexity index is 784. The molecule has 0 bridgehead atoms. The Morgan fingerprint density at radius 2 is 2.12 bits per heavy atom. The average Bonchev–Trinajstić information content (AvgIpc) is 3.08. The summed E-state index contributed by atoms with van der Waals surface area (Å²) in [6, 6.07) is 7.59. The second kappa shape index (κ2) is 6.45. The number of furan rings is 1. The normalized spacial score (nSPS) is 13.2. The molecule has 0 spiro atoms. The molecule has 2 aromatic rings. The van der Waals surface area contributed by atoms with Gasteiger partial charge in [0.05, 0.1) is 24.1 Å². The van der Waals surface area contributed by atoms with Crippen LogP contribution < -0.4 is 15.0 Å². The molecule has 2 heterocycles. The first kappa shape index (κ1) is 15.6. The van der Waals surface area contributed by atoms with Crippen LogP contribution in [0.15, 0.2) is 41.0 Å². The van der Waals surface area contributed by atoms with E-state index in [0.717, 1.165) is 0 Å². The monoisotopic (exact) mass is 330 g/mol. The number of carboxylic acids is 1. The maximum Gasteiger partial charge on any atom is 0.335 e. The van der Waals surface area contributed by atoms with Gasteiger partial charge in [-0.25, -0.2) is 4.79 Å². The zero-order chi connectivity index (χ0) is 17.1. The number of anilines is 1. The highest BCUT2D eigenvalue weighted by atomic mass is 16.5. The number of benzene rings is 1. The van der Waals surface area contributed by atoms with Crippen LogP contribution in [0.5, 0.6) is 5.75 Å². The van der Waals surface area contributed by atoms with E-state index in [9.17, 15) is 14.4 Å². The fraction of sp³-hybridized carbons (Fsp3) is 0.188. The molecule has 1 aromatic carbocycles. The van der Waals surface area contributed by atoms with Gasteiger partial charge in [-0.15, -0.1) is 0 Å². The van der Waals surface area contributed by atoms with Crippen molar-refractivity contribution in [3.05, 3.63) is 47.9 Å². The summed E-state index contributed by atoms with van der Waals surface area (Å²) < 4.78 is 10.4. The van der Waals surface area contributed by atoms with Gasteiger partial charge in [-0.05, 0) is 30.3 Å². The molecular weight excluding hydrogens is 316 g/mol. The lowest BCUT2D eigenvalue weighted by Gasteiger charge is -2.29. The minimum Gasteiger partial charge on any atom is -0.482 e. The van der Waals surface area contributed by atoms with Crippen molar-refractivity contribution < 1.29 is 28.6 Å². The molecule has 2 N–H and O–H groups in total. The Hall–Kier alpha value is -3.29. The summed E-state index contributed by atoms with van der Waals surface area (Å²) >= 11 is 0. The van der Waals surface area contributed by atoms with Gasteiger partial charge in [0.2, 0.25) is 5.91 Å². The first-order valence-electron chi connectivity index (χ1n) is 7.14. The molecule has 2 amide bonds. The molecule has 0 aliphatic carbocycles. The highest BCUT2D eigenvalue weighted by Gasteiger charge is 2.28. The minimum atomic E-state index is -1.13. The number of nitrogens with zero attached hydrogens (tertiary/aromatic N) is 1.